The van der Waals surface area contributed by atoms with Gasteiger partial charge in [0.15, 0.2) is 0 Å². The number of nitrogens with zero attached hydrogens (tertiary/aromatic N) is 1. The van der Waals surface area contributed by atoms with Gasteiger partial charge in [0.25, 0.3) is 0 Å². The molecule has 162 valence electrons. The van der Waals surface area contributed by atoms with E-state index in [1.54, 1.807) is 12.1 Å². The molecule has 2 heterocycles. The fourth-order valence-corrected chi connectivity index (χ4v) is 7.24. The highest BCUT2D eigenvalue weighted by atomic mass is 32.1. The topological polar surface area (TPSA) is 23.5 Å². The molecular formula is C30H19NOS2. The van der Waals surface area contributed by atoms with Crippen molar-refractivity contribution in [3.63, 3.8) is 0 Å². The highest BCUT2D eigenvalue weighted by Gasteiger charge is 2.21. The lowest BCUT2D eigenvalue weighted by Crippen LogP contribution is -2.10. The van der Waals surface area contributed by atoms with Crippen LogP contribution in [0.3, 0.4) is 0 Å². The minimum absolute atomic E-state index is 0.267. The zero-order valence-electron chi connectivity index (χ0n) is 18.1. The van der Waals surface area contributed by atoms with E-state index in [0.29, 0.717) is 0 Å². The minimum atomic E-state index is 0.267. The average Bonchev–Trinajstić information content (AvgIpc) is 3.45. The fraction of sp³-hybridized carbons (Fsp3) is 0. The van der Waals surface area contributed by atoms with Gasteiger partial charge in [0, 0.05) is 36.6 Å². The van der Waals surface area contributed by atoms with E-state index in [0.717, 1.165) is 17.1 Å². The van der Waals surface area contributed by atoms with Crippen LogP contribution in [-0.2, 0) is 0 Å². The van der Waals surface area contributed by atoms with E-state index in [2.05, 4.69) is 89.8 Å². The molecule has 7 aromatic rings. The Balaban J connectivity index is 1.58. The highest BCUT2D eigenvalue weighted by Crippen LogP contribution is 2.48. The van der Waals surface area contributed by atoms with E-state index in [-0.39, 0.29) is 5.75 Å². The molecule has 7 rings (SSSR count). The summed E-state index contributed by atoms with van der Waals surface area (Å²) >= 11 is 3.66. The number of phenols is 1. The largest absolute Gasteiger partial charge is 0.508 e. The van der Waals surface area contributed by atoms with Gasteiger partial charge < -0.3 is 10.0 Å². The second-order valence-corrected chi connectivity index (χ2v) is 10.5. The summed E-state index contributed by atoms with van der Waals surface area (Å²) in [6.45, 7) is 0. The number of fused-ring (bicyclic) bond motifs is 6. The van der Waals surface area contributed by atoms with Crippen molar-refractivity contribution in [2.75, 3.05) is 4.90 Å². The zero-order valence-corrected chi connectivity index (χ0v) is 19.7. The molecular weight excluding hydrogens is 454 g/mol. The number of anilines is 3. The molecule has 0 atom stereocenters. The number of phenolic OH excluding ortho intramolecular Hbond substituents is 1. The molecule has 5 aromatic carbocycles. The Labute approximate surface area is 204 Å². The van der Waals surface area contributed by atoms with E-state index in [9.17, 15) is 5.11 Å². The van der Waals surface area contributed by atoms with E-state index in [1.807, 2.05) is 34.8 Å². The molecule has 0 saturated carbocycles. The minimum Gasteiger partial charge on any atom is -0.508 e. The lowest BCUT2D eigenvalue weighted by Gasteiger charge is -2.26. The first kappa shape index (κ1) is 19.6. The third kappa shape index (κ3) is 2.93. The van der Waals surface area contributed by atoms with Crippen LogP contribution < -0.4 is 4.90 Å². The first-order chi connectivity index (χ1) is 16.8. The quantitative estimate of drug-likeness (QED) is 0.276. The first-order valence-electron chi connectivity index (χ1n) is 11.2. The zero-order chi connectivity index (χ0) is 22.6. The highest BCUT2D eigenvalue weighted by molar-refractivity contribution is 7.27. The predicted octanol–water partition coefficient (Wildman–Crippen LogP) is 9.60. The Bertz CT molecular complexity index is 1710. The Kier molecular flexibility index (Phi) is 4.37. The maximum absolute atomic E-state index is 10.00. The van der Waals surface area contributed by atoms with E-state index in [4.69, 9.17) is 0 Å². The lowest BCUT2D eigenvalue weighted by atomic mass is 10.1. The molecule has 0 aliphatic heterocycles. The molecule has 0 unspecified atom stereocenters. The van der Waals surface area contributed by atoms with E-state index >= 15 is 0 Å². The van der Waals surface area contributed by atoms with Crippen LogP contribution in [0.25, 0.3) is 40.3 Å². The Morgan fingerprint density at radius 3 is 1.47 bits per heavy atom. The molecule has 0 spiro atoms. The molecule has 0 bridgehead atoms. The first-order valence-corrected chi connectivity index (χ1v) is 12.8. The van der Waals surface area contributed by atoms with Crippen molar-refractivity contribution >= 4 is 80.1 Å². The standard InChI is InChI=1S/C30H19NOS2/c32-20-17-15-19(16-18-20)31(25-11-5-9-23-21-7-1-3-13-27(21)33-29(23)25)26-12-6-10-24-22-8-2-4-14-28(22)34-30(24)26/h1-18,32H. The summed E-state index contributed by atoms with van der Waals surface area (Å²) in [7, 11) is 0. The Morgan fingerprint density at radius 1 is 0.471 bits per heavy atom. The van der Waals surface area contributed by atoms with Gasteiger partial charge in [0.1, 0.15) is 5.75 Å². The van der Waals surface area contributed by atoms with Crippen LogP contribution in [-0.4, -0.2) is 5.11 Å². The summed E-state index contributed by atoms with van der Waals surface area (Å²) < 4.78 is 5.09. The molecule has 0 saturated heterocycles. The van der Waals surface area contributed by atoms with Crippen LogP contribution >= 0.6 is 22.7 Å². The van der Waals surface area contributed by atoms with Crippen molar-refractivity contribution in [1.82, 2.24) is 0 Å². The molecule has 0 radical (unpaired) electrons. The van der Waals surface area contributed by atoms with Crippen LogP contribution in [0.2, 0.25) is 0 Å². The molecule has 4 heteroatoms. The van der Waals surface area contributed by atoms with E-state index in [1.165, 1.54) is 40.3 Å². The van der Waals surface area contributed by atoms with Gasteiger partial charge in [0.05, 0.1) is 20.8 Å². The molecule has 0 aliphatic rings. The van der Waals surface area contributed by atoms with Crippen molar-refractivity contribution in [3.8, 4) is 5.75 Å². The van der Waals surface area contributed by atoms with Crippen LogP contribution in [0.4, 0.5) is 17.1 Å². The van der Waals surface area contributed by atoms with Crippen molar-refractivity contribution < 1.29 is 5.11 Å². The second-order valence-electron chi connectivity index (χ2n) is 8.36. The third-order valence-electron chi connectivity index (χ3n) is 6.36. The maximum Gasteiger partial charge on any atom is 0.115 e. The lowest BCUT2D eigenvalue weighted by molar-refractivity contribution is 0.475. The number of hydrogen-bond acceptors (Lipinski definition) is 4. The summed E-state index contributed by atoms with van der Waals surface area (Å²) in [5.41, 5.74) is 3.32. The van der Waals surface area contributed by atoms with Crippen molar-refractivity contribution in [2.45, 2.75) is 0 Å². The van der Waals surface area contributed by atoms with Crippen molar-refractivity contribution in [3.05, 3.63) is 109 Å². The summed E-state index contributed by atoms with van der Waals surface area (Å²) in [5.74, 6) is 0.267. The van der Waals surface area contributed by atoms with Crippen LogP contribution in [0, 0.1) is 0 Å². The van der Waals surface area contributed by atoms with Crippen molar-refractivity contribution in [1.29, 1.82) is 0 Å². The smallest absolute Gasteiger partial charge is 0.115 e. The van der Waals surface area contributed by atoms with Gasteiger partial charge in [-0.15, -0.1) is 22.7 Å². The third-order valence-corrected chi connectivity index (χ3v) is 8.77. The normalized spacial score (nSPS) is 11.6. The summed E-state index contributed by atoms with van der Waals surface area (Å²) in [4.78, 5) is 2.34. The average molecular weight is 474 g/mol. The van der Waals surface area contributed by atoms with Gasteiger partial charge >= 0.3 is 0 Å². The second kappa shape index (κ2) is 7.59. The Hall–Kier alpha value is -3.86. The molecule has 2 aromatic heterocycles. The summed E-state index contributed by atoms with van der Waals surface area (Å²) in [6, 6.07) is 37.9. The summed E-state index contributed by atoms with van der Waals surface area (Å²) in [5, 5.41) is 15.1. The number of aromatic hydroxyl groups is 1. The monoisotopic (exact) mass is 473 g/mol. The van der Waals surface area contributed by atoms with Crippen molar-refractivity contribution in [2.24, 2.45) is 0 Å². The number of thiophene rings is 2. The molecule has 1 N–H and O–H groups in total. The summed E-state index contributed by atoms with van der Waals surface area (Å²) in [6.07, 6.45) is 0. The number of benzene rings is 5. The number of rotatable bonds is 3. The molecule has 0 aliphatic carbocycles. The molecule has 0 fully saturated rings. The van der Waals surface area contributed by atoms with Gasteiger partial charge in [-0.1, -0.05) is 60.7 Å². The molecule has 34 heavy (non-hydrogen) atoms. The predicted molar refractivity (Wildman–Crippen MR) is 149 cm³/mol. The maximum atomic E-state index is 10.00. The van der Waals surface area contributed by atoms with Crippen LogP contribution in [0.1, 0.15) is 0 Å². The molecule has 2 nitrogen and oxygen atoms in total. The molecule has 0 amide bonds. The van der Waals surface area contributed by atoms with Gasteiger partial charge in [0.2, 0.25) is 0 Å². The van der Waals surface area contributed by atoms with Gasteiger partial charge in [-0.25, -0.2) is 0 Å². The fourth-order valence-electron chi connectivity index (χ4n) is 4.83. The van der Waals surface area contributed by atoms with Gasteiger partial charge in [-0.2, -0.15) is 0 Å². The van der Waals surface area contributed by atoms with Gasteiger partial charge in [-0.05, 0) is 48.5 Å². The van der Waals surface area contributed by atoms with Crippen LogP contribution in [0.5, 0.6) is 5.75 Å². The SMILES string of the molecule is Oc1ccc(N(c2cccc3c2sc2ccccc23)c2cccc3c2sc2ccccc23)cc1. The van der Waals surface area contributed by atoms with Gasteiger partial charge in [-0.3, -0.25) is 0 Å². The van der Waals surface area contributed by atoms with Crippen LogP contribution in [0.15, 0.2) is 109 Å². The number of hydrogen-bond donors (Lipinski definition) is 1. The Morgan fingerprint density at radius 2 is 0.941 bits per heavy atom. The van der Waals surface area contributed by atoms with E-state index < -0.39 is 0 Å².